The van der Waals surface area contributed by atoms with Crippen molar-refractivity contribution in [1.82, 2.24) is 25.4 Å². The number of para-hydroxylation sites is 1. The number of carboxylic acids is 1. The van der Waals surface area contributed by atoms with Crippen molar-refractivity contribution < 1.29 is 24.2 Å². The van der Waals surface area contributed by atoms with Crippen LogP contribution in [0.2, 0.25) is 0 Å². The van der Waals surface area contributed by atoms with Gasteiger partial charge in [-0.05, 0) is 35.6 Å². The molecule has 0 saturated carbocycles. The summed E-state index contributed by atoms with van der Waals surface area (Å²) >= 11 is 5.64. The molecule has 0 aliphatic carbocycles. The molecule has 0 spiro atoms. The van der Waals surface area contributed by atoms with E-state index in [4.69, 9.17) is 4.74 Å². The fourth-order valence-electron chi connectivity index (χ4n) is 4.63. The van der Waals surface area contributed by atoms with Gasteiger partial charge in [0.2, 0.25) is 17.7 Å². The first kappa shape index (κ1) is 27.7. The van der Waals surface area contributed by atoms with Gasteiger partial charge in [0.25, 0.3) is 0 Å². The van der Waals surface area contributed by atoms with E-state index in [1.54, 1.807) is 0 Å². The molecule has 2 atom stereocenters. The van der Waals surface area contributed by atoms with Crippen LogP contribution in [0.4, 0.5) is 0 Å². The number of aryl methyl sites for hydroxylation is 1. The molecule has 210 valence electrons. The number of amides is 2. The van der Waals surface area contributed by atoms with Gasteiger partial charge >= 0.3 is 5.97 Å². The number of carboxylic acid groups (broad SMARTS) is 1. The fraction of sp³-hybridized carbons (Fsp3) is 0.259. The second-order valence-electron chi connectivity index (χ2n) is 9.28. The third kappa shape index (κ3) is 5.69. The zero-order chi connectivity index (χ0) is 28.5. The number of aliphatic carboxylic acids is 1. The number of ether oxygens (including phenoxy) is 1. The summed E-state index contributed by atoms with van der Waals surface area (Å²) in [5.41, 5.74) is 2.50. The van der Waals surface area contributed by atoms with Crippen molar-refractivity contribution in [1.29, 1.82) is 0 Å². The average Bonchev–Trinajstić information content (AvgIpc) is 3.66. The maximum Gasteiger partial charge on any atom is 0.352 e. The van der Waals surface area contributed by atoms with Crippen molar-refractivity contribution in [2.24, 2.45) is 5.92 Å². The number of carbonyl (C=O) groups excluding carboxylic acids is 2. The summed E-state index contributed by atoms with van der Waals surface area (Å²) < 4.78 is 6.53. The number of aromatic nitrogens is 3. The maximum atomic E-state index is 12.9. The Bertz CT molecular complexity index is 1670. The van der Waals surface area contributed by atoms with Gasteiger partial charge in [-0.3, -0.25) is 14.5 Å². The number of rotatable bonds is 10. The number of benzene rings is 1. The number of thioether (sulfide) groups is 2. The molecular weight excluding hydrogens is 603 g/mol. The summed E-state index contributed by atoms with van der Waals surface area (Å²) in [6.07, 6.45) is 0. The van der Waals surface area contributed by atoms with E-state index in [1.807, 2.05) is 54.8 Å². The lowest BCUT2D eigenvalue weighted by Crippen LogP contribution is -2.65. The Hall–Kier alpha value is -3.46. The highest BCUT2D eigenvalue weighted by Gasteiger charge is 2.56. The van der Waals surface area contributed by atoms with E-state index in [2.05, 4.69) is 20.5 Å². The van der Waals surface area contributed by atoms with E-state index in [0.717, 1.165) is 21.3 Å². The number of thiophene rings is 1. The SMILES string of the molecule is Cc1cc(OCc2nnc(SCC3=C(C(=O)O)N4C(=O)[C@@H](C(=O)NCc5cccs5)[C@H]4SC3)s2)nc2ccccc12. The van der Waals surface area contributed by atoms with Crippen molar-refractivity contribution in [3.8, 4) is 5.88 Å². The fourth-order valence-corrected chi connectivity index (χ4v) is 8.63. The summed E-state index contributed by atoms with van der Waals surface area (Å²) in [5, 5.41) is 24.3. The molecule has 0 radical (unpaired) electrons. The number of β-lactam (4-membered cyclic amide) rings is 1. The van der Waals surface area contributed by atoms with E-state index in [9.17, 15) is 19.5 Å². The lowest BCUT2D eigenvalue weighted by molar-refractivity contribution is -0.157. The highest BCUT2D eigenvalue weighted by atomic mass is 32.2. The molecule has 1 fully saturated rings. The number of pyridine rings is 1. The number of fused-ring (bicyclic) bond motifs is 2. The molecule has 4 aromatic rings. The molecule has 41 heavy (non-hydrogen) atoms. The highest BCUT2D eigenvalue weighted by Crippen LogP contribution is 2.45. The van der Waals surface area contributed by atoms with Crippen LogP contribution in [0.3, 0.4) is 0 Å². The predicted octanol–water partition coefficient (Wildman–Crippen LogP) is 4.31. The van der Waals surface area contributed by atoms with E-state index in [1.165, 1.54) is 51.1 Å². The zero-order valence-corrected chi connectivity index (χ0v) is 24.9. The molecular formula is C27H23N5O5S4. The minimum Gasteiger partial charge on any atom is -0.477 e. The second-order valence-corrected chi connectivity index (χ2v) is 13.7. The Morgan fingerprint density at radius 3 is 2.88 bits per heavy atom. The molecule has 5 heterocycles. The maximum absolute atomic E-state index is 12.9. The topological polar surface area (TPSA) is 135 Å². The Labute approximate surface area is 251 Å². The van der Waals surface area contributed by atoms with Gasteiger partial charge in [-0.1, -0.05) is 47.4 Å². The molecule has 10 nitrogen and oxygen atoms in total. The average molecular weight is 626 g/mol. The number of hydrogen-bond acceptors (Lipinski definition) is 11. The Kier molecular flexibility index (Phi) is 7.97. The molecule has 2 aliphatic rings. The van der Waals surface area contributed by atoms with Crippen LogP contribution in [0.15, 0.2) is 63.5 Å². The standard InChI is InChI=1S/C27H23N5O5S4/c1-14-9-19(29-18-7-3-2-6-17(14)18)37-11-20-30-31-27(41-20)40-13-15-12-39-25-21(24(34)32(25)22(15)26(35)36)23(33)28-10-16-5-4-8-38-16/h2-9,21,25H,10-13H2,1H3,(H,28,33)(H,35,36)/t21-,25-/m1/s1. The minimum absolute atomic E-state index is 0.0422. The molecule has 1 aromatic carbocycles. The molecule has 2 aliphatic heterocycles. The quantitative estimate of drug-likeness (QED) is 0.149. The van der Waals surface area contributed by atoms with Crippen LogP contribution in [0.25, 0.3) is 10.9 Å². The third-order valence-electron chi connectivity index (χ3n) is 6.61. The van der Waals surface area contributed by atoms with Crippen LogP contribution >= 0.6 is 46.2 Å². The van der Waals surface area contributed by atoms with Gasteiger partial charge in [0.1, 0.15) is 23.6 Å². The Morgan fingerprint density at radius 1 is 1.22 bits per heavy atom. The number of carbonyl (C=O) groups is 3. The van der Waals surface area contributed by atoms with Crippen LogP contribution in [-0.2, 0) is 27.5 Å². The lowest BCUT2D eigenvalue weighted by atomic mass is 9.94. The molecule has 6 rings (SSSR count). The van der Waals surface area contributed by atoms with Crippen molar-refractivity contribution in [2.75, 3.05) is 11.5 Å². The van der Waals surface area contributed by atoms with Gasteiger partial charge in [0.05, 0.1) is 12.1 Å². The zero-order valence-electron chi connectivity index (χ0n) is 21.6. The third-order valence-corrected chi connectivity index (χ3v) is 10.9. The lowest BCUT2D eigenvalue weighted by Gasteiger charge is -2.48. The molecule has 3 aromatic heterocycles. The van der Waals surface area contributed by atoms with Gasteiger partial charge in [-0.25, -0.2) is 9.78 Å². The van der Waals surface area contributed by atoms with Crippen molar-refractivity contribution in [3.05, 3.63) is 74.6 Å². The Balaban J connectivity index is 1.07. The van der Waals surface area contributed by atoms with Gasteiger partial charge in [0, 0.05) is 27.8 Å². The van der Waals surface area contributed by atoms with E-state index >= 15 is 0 Å². The molecule has 0 bridgehead atoms. The summed E-state index contributed by atoms with van der Waals surface area (Å²) in [6, 6.07) is 13.6. The van der Waals surface area contributed by atoms with E-state index in [0.29, 0.717) is 38.9 Å². The Morgan fingerprint density at radius 2 is 2.07 bits per heavy atom. The van der Waals surface area contributed by atoms with Crippen LogP contribution in [0, 0.1) is 12.8 Å². The van der Waals surface area contributed by atoms with Crippen molar-refractivity contribution in [3.63, 3.8) is 0 Å². The van der Waals surface area contributed by atoms with E-state index in [-0.39, 0.29) is 18.2 Å². The highest BCUT2D eigenvalue weighted by molar-refractivity contribution is 8.01. The normalized spacial score (nSPS) is 18.3. The first-order valence-electron chi connectivity index (χ1n) is 12.5. The summed E-state index contributed by atoms with van der Waals surface area (Å²) in [6.45, 7) is 2.56. The first-order chi connectivity index (χ1) is 19.9. The molecule has 2 N–H and O–H groups in total. The summed E-state index contributed by atoms with van der Waals surface area (Å²) in [5.74, 6) is -1.69. The van der Waals surface area contributed by atoms with Crippen LogP contribution in [0.5, 0.6) is 5.88 Å². The largest absolute Gasteiger partial charge is 0.477 e. The van der Waals surface area contributed by atoms with Gasteiger partial charge in [-0.2, -0.15) is 0 Å². The predicted molar refractivity (Wildman–Crippen MR) is 159 cm³/mol. The monoisotopic (exact) mass is 625 g/mol. The molecule has 0 unspecified atom stereocenters. The molecule has 1 saturated heterocycles. The van der Waals surface area contributed by atoms with Gasteiger partial charge in [-0.15, -0.1) is 33.3 Å². The number of nitrogens with one attached hydrogen (secondary N) is 1. The van der Waals surface area contributed by atoms with Crippen molar-refractivity contribution >= 4 is 74.9 Å². The number of nitrogens with zero attached hydrogens (tertiary/aromatic N) is 4. The molecule has 2 amide bonds. The van der Waals surface area contributed by atoms with Gasteiger partial charge in [0.15, 0.2) is 9.35 Å². The first-order valence-corrected chi connectivity index (χ1v) is 16.3. The second kappa shape index (κ2) is 11.8. The van der Waals surface area contributed by atoms with Crippen LogP contribution < -0.4 is 10.1 Å². The van der Waals surface area contributed by atoms with Crippen molar-refractivity contribution in [2.45, 2.75) is 29.8 Å². The summed E-state index contributed by atoms with van der Waals surface area (Å²) in [4.78, 5) is 44.6. The minimum atomic E-state index is -1.18. The molecule has 14 heteroatoms. The van der Waals surface area contributed by atoms with Gasteiger partial charge < -0.3 is 15.2 Å². The smallest absolute Gasteiger partial charge is 0.352 e. The number of hydrogen-bond donors (Lipinski definition) is 2. The summed E-state index contributed by atoms with van der Waals surface area (Å²) in [7, 11) is 0. The van der Waals surface area contributed by atoms with E-state index < -0.39 is 23.2 Å². The van der Waals surface area contributed by atoms with Crippen LogP contribution in [0.1, 0.15) is 15.4 Å². The van der Waals surface area contributed by atoms with Crippen LogP contribution in [-0.4, -0.2) is 59.9 Å².